The smallest absolute Gasteiger partial charge is 0.339 e. The molecule has 1 saturated carbocycles. The van der Waals surface area contributed by atoms with E-state index >= 15 is 0 Å². The number of hydrogen-bond acceptors (Lipinski definition) is 2. The Morgan fingerprint density at radius 1 is 1.47 bits per heavy atom. The second-order valence-corrected chi connectivity index (χ2v) is 5.78. The summed E-state index contributed by atoms with van der Waals surface area (Å²) >= 11 is 3.43. The maximum absolute atomic E-state index is 11.3. The minimum Gasteiger partial charge on any atom is -0.478 e. The van der Waals surface area contributed by atoms with Crippen LogP contribution >= 0.6 is 15.9 Å². The number of nitrogens with zero attached hydrogens (tertiary/aromatic N) is 2. The summed E-state index contributed by atoms with van der Waals surface area (Å²) in [7, 11) is 0. The van der Waals surface area contributed by atoms with Crippen molar-refractivity contribution in [2.45, 2.75) is 25.7 Å². The largest absolute Gasteiger partial charge is 0.478 e. The van der Waals surface area contributed by atoms with Crippen LogP contribution in [0.2, 0.25) is 0 Å². The molecule has 1 aliphatic rings. The third kappa shape index (κ3) is 2.18. The zero-order valence-corrected chi connectivity index (χ0v) is 12.0. The van der Waals surface area contributed by atoms with E-state index in [-0.39, 0.29) is 0 Å². The SMILES string of the molecule is Cc1cc(Br)ccc1-n1ncc(C(=O)O)c1C1CC1. The number of carboxylic acid groups (broad SMARTS) is 1. The van der Waals surface area contributed by atoms with Crippen LogP contribution in [0, 0.1) is 6.92 Å². The van der Waals surface area contributed by atoms with Crippen molar-refractivity contribution in [3.05, 3.63) is 45.7 Å². The van der Waals surface area contributed by atoms with Gasteiger partial charge in [-0.05, 0) is 43.5 Å². The van der Waals surface area contributed by atoms with E-state index in [1.54, 1.807) is 4.68 Å². The molecule has 0 bridgehead atoms. The topological polar surface area (TPSA) is 55.1 Å². The number of carbonyl (C=O) groups is 1. The van der Waals surface area contributed by atoms with Gasteiger partial charge in [-0.15, -0.1) is 0 Å². The van der Waals surface area contributed by atoms with Crippen molar-refractivity contribution in [1.29, 1.82) is 0 Å². The van der Waals surface area contributed by atoms with Gasteiger partial charge in [0.15, 0.2) is 0 Å². The van der Waals surface area contributed by atoms with Gasteiger partial charge in [-0.25, -0.2) is 9.48 Å². The Morgan fingerprint density at radius 2 is 2.21 bits per heavy atom. The van der Waals surface area contributed by atoms with Crippen molar-refractivity contribution in [1.82, 2.24) is 9.78 Å². The summed E-state index contributed by atoms with van der Waals surface area (Å²) in [6, 6.07) is 5.92. The van der Waals surface area contributed by atoms with Crippen molar-refractivity contribution in [3.8, 4) is 5.69 Å². The molecule has 0 radical (unpaired) electrons. The first-order chi connectivity index (χ1) is 9.08. The van der Waals surface area contributed by atoms with Gasteiger partial charge in [0.1, 0.15) is 5.56 Å². The van der Waals surface area contributed by atoms with Gasteiger partial charge in [0.2, 0.25) is 0 Å². The maximum atomic E-state index is 11.3. The van der Waals surface area contributed by atoms with E-state index in [9.17, 15) is 9.90 Å². The summed E-state index contributed by atoms with van der Waals surface area (Å²) in [4.78, 5) is 11.3. The first-order valence-corrected chi connectivity index (χ1v) is 6.95. The lowest BCUT2D eigenvalue weighted by Crippen LogP contribution is -2.06. The fourth-order valence-electron chi connectivity index (χ4n) is 2.32. The molecule has 2 aromatic rings. The van der Waals surface area contributed by atoms with Crippen molar-refractivity contribution in [2.75, 3.05) is 0 Å². The minimum atomic E-state index is -0.900. The van der Waals surface area contributed by atoms with Crippen LogP contribution in [-0.2, 0) is 0 Å². The molecule has 1 aliphatic carbocycles. The molecule has 0 saturated heterocycles. The highest BCUT2D eigenvalue weighted by Gasteiger charge is 2.33. The van der Waals surface area contributed by atoms with Crippen LogP contribution in [0.1, 0.15) is 40.4 Å². The summed E-state index contributed by atoms with van der Waals surface area (Å²) in [5, 5.41) is 13.5. The maximum Gasteiger partial charge on any atom is 0.339 e. The molecule has 1 aromatic heterocycles. The summed E-state index contributed by atoms with van der Waals surface area (Å²) < 4.78 is 2.79. The third-order valence-corrected chi connectivity index (χ3v) is 3.88. The van der Waals surface area contributed by atoms with Gasteiger partial charge in [-0.1, -0.05) is 15.9 Å². The molecule has 0 spiro atoms. The van der Waals surface area contributed by atoms with Crippen LogP contribution in [-0.4, -0.2) is 20.9 Å². The number of hydrogen-bond donors (Lipinski definition) is 1. The molecule has 98 valence electrons. The Labute approximate surface area is 119 Å². The Morgan fingerprint density at radius 3 is 2.79 bits per heavy atom. The van der Waals surface area contributed by atoms with Crippen molar-refractivity contribution < 1.29 is 9.90 Å². The first-order valence-electron chi connectivity index (χ1n) is 6.15. The number of benzene rings is 1. The number of aromatic nitrogens is 2. The number of aryl methyl sites for hydroxylation is 1. The predicted octanol–water partition coefficient (Wildman–Crippen LogP) is 3.52. The molecule has 1 N–H and O–H groups in total. The second-order valence-electron chi connectivity index (χ2n) is 4.87. The standard InChI is InChI=1S/C14H13BrN2O2/c1-8-6-10(15)4-5-12(8)17-13(9-2-3-9)11(7-16-17)14(18)19/h4-7,9H,2-3H2,1H3,(H,18,19). The molecule has 4 nitrogen and oxygen atoms in total. The number of rotatable bonds is 3. The van der Waals surface area contributed by atoms with E-state index in [1.165, 1.54) is 6.20 Å². The molecule has 3 rings (SSSR count). The van der Waals surface area contributed by atoms with Gasteiger partial charge in [0, 0.05) is 10.4 Å². The van der Waals surface area contributed by atoms with E-state index in [0.29, 0.717) is 11.5 Å². The Kier molecular flexibility index (Phi) is 2.93. The van der Waals surface area contributed by atoms with Crippen LogP contribution in [0.3, 0.4) is 0 Å². The van der Waals surface area contributed by atoms with E-state index in [2.05, 4.69) is 21.0 Å². The van der Waals surface area contributed by atoms with Gasteiger partial charge < -0.3 is 5.11 Å². The van der Waals surface area contributed by atoms with E-state index in [1.807, 2.05) is 25.1 Å². The summed E-state index contributed by atoms with van der Waals surface area (Å²) in [5.41, 5.74) is 3.16. The minimum absolute atomic E-state index is 0.324. The molecule has 5 heteroatoms. The fraction of sp³-hybridized carbons (Fsp3) is 0.286. The highest BCUT2D eigenvalue weighted by molar-refractivity contribution is 9.10. The van der Waals surface area contributed by atoms with Gasteiger partial charge in [0.05, 0.1) is 17.6 Å². The van der Waals surface area contributed by atoms with Gasteiger partial charge in [-0.3, -0.25) is 0 Å². The lowest BCUT2D eigenvalue weighted by atomic mass is 10.1. The van der Waals surface area contributed by atoms with Crippen molar-refractivity contribution in [2.24, 2.45) is 0 Å². The highest BCUT2D eigenvalue weighted by atomic mass is 79.9. The summed E-state index contributed by atoms with van der Waals surface area (Å²) in [6.45, 7) is 2.00. The molecule has 19 heavy (non-hydrogen) atoms. The van der Waals surface area contributed by atoms with Crippen molar-refractivity contribution in [3.63, 3.8) is 0 Å². The van der Waals surface area contributed by atoms with Gasteiger partial charge >= 0.3 is 5.97 Å². The van der Waals surface area contributed by atoms with Crippen LogP contribution < -0.4 is 0 Å². The monoisotopic (exact) mass is 320 g/mol. The molecule has 1 aromatic carbocycles. The third-order valence-electron chi connectivity index (χ3n) is 3.39. The summed E-state index contributed by atoms with van der Waals surface area (Å²) in [5.74, 6) is -0.570. The number of carboxylic acids is 1. The summed E-state index contributed by atoms with van der Waals surface area (Å²) in [6.07, 6.45) is 3.54. The molecular weight excluding hydrogens is 308 g/mol. The Hall–Kier alpha value is -1.62. The second kappa shape index (κ2) is 4.49. The Bertz CT molecular complexity index is 659. The Balaban J connectivity index is 2.17. The molecule has 0 unspecified atom stereocenters. The quantitative estimate of drug-likeness (QED) is 0.941. The van der Waals surface area contributed by atoms with E-state index < -0.39 is 5.97 Å². The van der Waals surface area contributed by atoms with E-state index in [4.69, 9.17) is 0 Å². The van der Waals surface area contributed by atoms with E-state index in [0.717, 1.165) is 34.3 Å². The molecular formula is C14H13BrN2O2. The number of aromatic carboxylic acids is 1. The predicted molar refractivity (Wildman–Crippen MR) is 74.9 cm³/mol. The van der Waals surface area contributed by atoms with Crippen molar-refractivity contribution >= 4 is 21.9 Å². The average Bonchev–Trinajstić information content (AvgIpc) is 3.08. The van der Waals surface area contributed by atoms with Gasteiger partial charge in [0.25, 0.3) is 0 Å². The molecule has 0 aliphatic heterocycles. The zero-order valence-electron chi connectivity index (χ0n) is 10.4. The zero-order chi connectivity index (χ0) is 13.6. The van der Waals surface area contributed by atoms with Crippen LogP contribution in [0.15, 0.2) is 28.9 Å². The number of halogens is 1. The van der Waals surface area contributed by atoms with Crippen LogP contribution in [0.4, 0.5) is 0 Å². The van der Waals surface area contributed by atoms with Crippen LogP contribution in [0.5, 0.6) is 0 Å². The fourth-order valence-corrected chi connectivity index (χ4v) is 2.80. The normalized spacial score (nSPS) is 14.6. The lowest BCUT2D eigenvalue weighted by Gasteiger charge is -2.11. The highest BCUT2D eigenvalue weighted by Crippen LogP contribution is 2.42. The molecule has 1 fully saturated rings. The average molecular weight is 321 g/mol. The van der Waals surface area contributed by atoms with Gasteiger partial charge in [-0.2, -0.15) is 5.10 Å². The van der Waals surface area contributed by atoms with Crippen LogP contribution in [0.25, 0.3) is 5.69 Å². The molecule has 0 amide bonds. The lowest BCUT2D eigenvalue weighted by molar-refractivity contribution is 0.0695. The molecule has 1 heterocycles. The first kappa shape index (κ1) is 12.4. The molecule has 0 atom stereocenters.